The molecule has 0 saturated heterocycles. The van der Waals surface area contributed by atoms with Gasteiger partial charge in [-0.2, -0.15) is 13.2 Å². The molecule has 0 fully saturated rings. The Bertz CT molecular complexity index is 145. The number of hydrogen-bond acceptors (Lipinski definition) is 2. The molecule has 0 bridgehead atoms. The molecule has 0 saturated carbocycles. The van der Waals surface area contributed by atoms with Gasteiger partial charge in [-0.15, -0.1) is 6.58 Å². The summed E-state index contributed by atoms with van der Waals surface area (Å²) < 4.78 is 35.4. The molecule has 0 heterocycles. The van der Waals surface area contributed by atoms with Crippen molar-refractivity contribution in [2.75, 3.05) is 0 Å². The summed E-state index contributed by atoms with van der Waals surface area (Å²) in [7, 11) is 0. The van der Waals surface area contributed by atoms with E-state index in [2.05, 4.69) is 12.0 Å². The Balaban J connectivity index is 3.65. The van der Waals surface area contributed by atoms with Crippen molar-refractivity contribution in [2.24, 2.45) is 5.84 Å². The first-order valence-corrected chi connectivity index (χ1v) is 4.13. The molecule has 0 amide bonds. The van der Waals surface area contributed by atoms with Crippen molar-refractivity contribution in [3.8, 4) is 0 Å². The van der Waals surface area contributed by atoms with Crippen LogP contribution in [0.4, 0.5) is 13.2 Å². The highest BCUT2D eigenvalue weighted by molar-refractivity contribution is 4.73. The van der Waals surface area contributed by atoms with E-state index in [1.807, 2.05) is 0 Å². The summed E-state index contributed by atoms with van der Waals surface area (Å²) in [6, 6.07) is -0.278. The number of alkyl halides is 3. The van der Waals surface area contributed by atoms with Crippen LogP contribution in [-0.4, -0.2) is 12.2 Å². The van der Waals surface area contributed by atoms with Gasteiger partial charge in [-0.25, -0.2) is 0 Å². The third-order valence-electron chi connectivity index (χ3n) is 1.73. The van der Waals surface area contributed by atoms with Gasteiger partial charge >= 0.3 is 6.18 Å². The maximum atomic E-state index is 11.8. The Morgan fingerprint density at radius 3 is 2.38 bits per heavy atom. The minimum atomic E-state index is -4.09. The number of rotatable bonds is 6. The number of hydrogen-bond donors (Lipinski definition) is 2. The molecule has 0 aromatic carbocycles. The van der Waals surface area contributed by atoms with E-state index in [1.54, 1.807) is 6.08 Å². The molecule has 0 aliphatic carbocycles. The molecule has 0 aromatic heterocycles. The van der Waals surface area contributed by atoms with Gasteiger partial charge in [0, 0.05) is 12.5 Å². The lowest BCUT2D eigenvalue weighted by molar-refractivity contribution is -0.136. The quantitative estimate of drug-likeness (QED) is 0.388. The van der Waals surface area contributed by atoms with Gasteiger partial charge in [-0.05, 0) is 19.3 Å². The molecule has 2 nitrogen and oxygen atoms in total. The van der Waals surface area contributed by atoms with Gasteiger partial charge in [-0.1, -0.05) is 6.08 Å². The molecule has 0 aliphatic rings. The van der Waals surface area contributed by atoms with Gasteiger partial charge < -0.3 is 0 Å². The van der Waals surface area contributed by atoms with Crippen LogP contribution in [-0.2, 0) is 0 Å². The maximum absolute atomic E-state index is 11.8. The zero-order valence-electron chi connectivity index (χ0n) is 7.40. The molecule has 78 valence electrons. The van der Waals surface area contributed by atoms with E-state index in [1.165, 1.54) is 0 Å². The van der Waals surface area contributed by atoms with Crippen molar-refractivity contribution >= 4 is 0 Å². The molecular formula is C8H15F3N2. The second-order valence-corrected chi connectivity index (χ2v) is 2.88. The SMILES string of the molecule is C=CCCC(CCC(F)(F)F)NN. The van der Waals surface area contributed by atoms with Crippen LogP contribution in [0.1, 0.15) is 25.7 Å². The fourth-order valence-corrected chi connectivity index (χ4v) is 0.968. The summed E-state index contributed by atoms with van der Waals surface area (Å²) in [4.78, 5) is 0. The summed E-state index contributed by atoms with van der Waals surface area (Å²) >= 11 is 0. The van der Waals surface area contributed by atoms with Gasteiger partial charge in [0.1, 0.15) is 0 Å². The first-order chi connectivity index (χ1) is 5.99. The number of nitrogens with one attached hydrogen (secondary N) is 1. The highest BCUT2D eigenvalue weighted by atomic mass is 19.4. The van der Waals surface area contributed by atoms with Crippen molar-refractivity contribution < 1.29 is 13.2 Å². The second kappa shape index (κ2) is 5.99. The number of allylic oxidation sites excluding steroid dienone is 1. The predicted molar refractivity (Wildman–Crippen MR) is 45.8 cm³/mol. The highest BCUT2D eigenvalue weighted by Gasteiger charge is 2.27. The average Bonchev–Trinajstić information content (AvgIpc) is 2.03. The number of halogens is 3. The van der Waals surface area contributed by atoms with Gasteiger partial charge in [0.2, 0.25) is 0 Å². The average molecular weight is 196 g/mol. The van der Waals surface area contributed by atoms with Crippen LogP contribution in [0.5, 0.6) is 0 Å². The molecule has 0 rings (SSSR count). The van der Waals surface area contributed by atoms with Crippen molar-refractivity contribution in [1.29, 1.82) is 0 Å². The fraction of sp³-hybridized carbons (Fsp3) is 0.750. The Hall–Kier alpha value is -0.550. The summed E-state index contributed by atoms with van der Waals surface area (Å²) in [5, 5.41) is 0. The molecule has 0 spiro atoms. The zero-order valence-corrected chi connectivity index (χ0v) is 7.40. The topological polar surface area (TPSA) is 38.0 Å². The standard InChI is InChI=1S/C8H15F3N2/c1-2-3-4-7(13-12)5-6-8(9,10)11/h2,7,13H,1,3-6,12H2. The third kappa shape index (κ3) is 7.80. The van der Waals surface area contributed by atoms with Crippen LogP contribution in [0.2, 0.25) is 0 Å². The Kier molecular flexibility index (Phi) is 5.73. The van der Waals surface area contributed by atoms with Gasteiger partial charge in [0.25, 0.3) is 0 Å². The van der Waals surface area contributed by atoms with Gasteiger partial charge in [0.15, 0.2) is 0 Å². The lowest BCUT2D eigenvalue weighted by atomic mass is 10.1. The van der Waals surface area contributed by atoms with E-state index < -0.39 is 12.6 Å². The van der Waals surface area contributed by atoms with Crippen molar-refractivity contribution in [3.05, 3.63) is 12.7 Å². The Labute approximate surface area is 76.0 Å². The highest BCUT2D eigenvalue weighted by Crippen LogP contribution is 2.22. The number of nitrogens with two attached hydrogens (primary N) is 1. The lowest BCUT2D eigenvalue weighted by Crippen LogP contribution is -2.35. The molecule has 13 heavy (non-hydrogen) atoms. The summed E-state index contributed by atoms with van der Waals surface area (Å²) in [6.07, 6.45) is -1.93. The van der Waals surface area contributed by atoms with E-state index in [4.69, 9.17) is 5.84 Å². The predicted octanol–water partition coefficient (Wildman–Crippen LogP) is 2.13. The third-order valence-corrected chi connectivity index (χ3v) is 1.73. The van der Waals surface area contributed by atoms with Gasteiger partial charge in [-0.3, -0.25) is 11.3 Å². The van der Waals surface area contributed by atoms with E-state index in [0.29, 0.717) is 12.8 Å². The van der Waals surface area contributed by atoms with Crippen molar-refractivity contribution in [2.45, 2.75) is 37.9 Å². The van der Waals surface area contributed by atoms with E-state index >= 15 is 0 Å². The minimum Gasteiger partial charge on any atom is -0.271 e. The van der Waals surface area contributed by atoms with Crippen LogP contribution < -0.4 is 11.3 Å². The normalized spacial score (nSPS) is 14.2. The second-order valence-electron chi connectivity index (χ2n) is 2.88. The van der Waals surface area contributed by atoms with Crippen molar-refractivity contribution in [3.63, 3.8) is 0 Å². The fourth-order valence-electron chi connectivity index (χ4n) is 0.968. The monoisotopic (exact) mass is 196 g/mol. The molecule has 1 atom stereocenters. The lowest BCUT2D eigenvalue weighted by Gasteiger charge is -2.15. The van der Waals surface area contributed by atoms with Crippen molar-refractivity contribution in [1.82, 2.24) is 5.43 Å². The molecule has 0 aliphatic heterocycles. The van der Waals surface area contributed by atoms with Crippen LogP contribution in [0.3, 0.4) is 0 Å². The van der Waals surface area contributed by atoms with E-state index in [0.717, 1.165) is 0 Å². The van der Waals surface area contributed by atoms with E-state index in [-0.39, 0.29) is 12.5 Å². The summed E-state index contributed by atoms with van der Waals surface area (Å²) in [5.74, 6) is 5.09. The first kappa shape index (κ1) is 12.4. The molecule has 0 aromatic rings. The van der Waals surface area contributed by atoms with Crippen LogP contribution in [0, 0.1) is 0 Å². The number of hydrazine groups is 1. The molecule has 0 radical (unpaired) electrons. The largest absolute Gasteiger partial charge is 0.389 e. The molecular weight excluding hydrogens is 181 g/mol. The van der Waals surface area contributed by atoms with Gasteiger partial charge in [0.05, 0.1) is 0 Å². The van der Waals surface area contributed by atoms with Crippen LogP contribution >= 0.6 is 0 Å². The van der Waals surface area contributed by atoms with Crippen LogP contribution in [0.25, 0.3) is 0 Å². The molecule has 1 unspecified atom stereocenters. The Morgan fingerprint density at radius 2 is 2.00 bits per heavy atom. The zero-order chi connectivity index (χ0) is 10.3. The minimum absolute atomic E-state index is 0.0217. The summed E-state index contributed by atoms with van der Waals surface area (Å²) in [5.41, 5.74) is 2.36. The molecule has 3 N–H and O–H groups in total. The molecule has 5 heteroatoms. The summed E-state index contributed by atoms with van der Waals surface area (Å²) in [6.45, 7) is 3.49. The van der Waals surface area contributed by atoms with E-state index in [9.17, 15) is 13.2 Å². The smallest absolute Gasteiger partial charge is 0.271 e. The maximum Gasteiger partial charge on any atom is 0.389 e. The van der Waals surface area contributed by atoms with Crippen LogP contribution in [0.15, 0.2) is 12.7 Å². The first-order valence-electron chi connectivity index (χ1n) is 4.13. The Morgan fingerprint density at radius 1 is 1.38 bits per heavy atom.